The second-order valence-corrected chi connectivity index (χ2v) is 23.8. The van der Waals surface area contributed by atoms with Crippen molar-refractivity contribution in [2.24, 2.45) is 11.8 Å². The fourth-order valence-corrected chi connectivity index (χ4v) is 11.3. The summed E-state index contributed by atoms with van der Waals surface area (Å²) in [6.45, 7) is 31.1. The maximum atomic E-state index is 14.8. The fraction of sp³-hybridized carbons (Fsp3) is 0.913. The number of ether oxygens (including phenoxy) is 4. The average molecular weight is 849 g/mol. The second kappa shape index (κ2) is 17.0. The van der Waals surface area contributed by atoms with Crippen LogP contribution in [0.25, 0.3) is 0 Å². The summed E-state index contributed by atoms with van der Waals surface area (Å²) in [6, 6.07) is 0. The van der Waals surface area contributed by atoms with Gasteiger partial charge in [0.05, 0.1) is 24.7 Å². The van der Waals surface area contributed by atoms with E-state index in [1.54, 1.807) is 55.4 Å². The molecule has 14 heteroatoms. The largest absolute Gasteiger partial charge is 0.462 e. The molecule has 4 aliphatic rings. The van der Waals surface area contributed by atoms with E-state index < -0.39 is 95.1 Å². The lowest BCUT2D eigenvalue weighted by molar-refractivity contribution is -0.299. The minimum Gasteiger partial charge on any atom is -0.462 e. The quantitative estimate of drug-likeness (QED) is 0.152. The van der Waals surface area contributed by atoms with Crippen molar-refractivity contribution in [2.45, 2.75) is 244 Å². The zero-order chi connectivity index (χ0) is 46.0. The Kier molecular flexibility index (Phi) is 14.2. The van der Waals surface area contributed by atoms with Gasteiger partial charge in [0, 0.05) is 95.7 Å². The van der Waals surface area contributed by atoms with Gasteiger partial charge in [-0.2, -0.15) is 0 Å². The van der Waals surface area contributed by atoms with E-state index in [1.807, 2.05) is 7.05 Å². The van der Waals surface area contributed by atoms with Crippen LogP contribution < -0.4 is 0 Å². The molecule has 4 heterocycles. The van der Waals surface area contributed by atoms with Crippen LogP contribution in [0.2, 0.25) is 0 Å². The highest BCUT2D eigenvalue weighted by atomic mass is 16.6. The van der Waals surface area contributed by atoms with Crippen molar-refractivity contribution in [2.75, 3.05) is 14.1 Å². The first-order valence-corrected chi connectivity index (χ1v) is 22.2. The minimum atomic E-state index is -1.47. The number of rotatable bonds is 11. The summed E-state index contributed by atoms with van der Waals surface area (Å²) in [5, 5.41) is 28.4. The molecular formula is C46H80N4O10. The van der Waals surface area contributed by atoms with E-state index in [-0.39, 0.29) is 47.8 Å². The molecule has 0 aromatic rings. The van der Waals surface area contributed by atoms with Crippen LogP contribution in [0.1, 0.15) is 175 Å². The first-order valence-electron chi connectivity index (χ1n) is 22.2. The number of esters is 4. The molecule has 4 fully saturated rings. The molecule has 4 rings (SSSR count). The third-order valence-electron chi connectivity index (χ3n) is 14.7. The molecule has 0 amide bonds. The third kappa shape index (κ3) is 11.2. The van der Waals surface area contributed by atoms with Crippen LogP contribution in [0.15, 0.2) is 0 Å². The summed E-state index contributed by atoms with van der Waals surface area (Å²) in [5.74, 6) is -6.00. The first-order chi connectivity index (χ1) is 26.9. The van der Waals surface area contributed by atoms with Crippen LogP contribution in [-0.4, -0.2) is 127 Å². The van der Waals surface area contributed by atoms with E-state index in [4.69, 9.17) is 18.9 Å². The molecule has 4 aliphatic heterocycles. The van der Waals surface area contributed by atoms with E-state index in [2.05, 4.69) is 72.2 Å². The number of likely N-dealkylation sites (tertiary alicyclic amines) is 2. The molecule has 4 saturated heterocycles. The first kappa shape index (κ1) is 50.3. The molecule has 344 valence electrons. The zero-order valence-corrected chi connectivity index (χ0v) is 40.4. The summed E-state index contributed by atoms with van der Waals surface area (Å²) in [4.78, 5) is 62.3. The summed E-state index contributed by atoms with van der Waals surface area (Å²) in [7, 11) is 4.10. The van der Waals surface area contributed by atoms with Crippen LogP contribution in [0.3, 0.4) is 0 Å². The van der Waals surface area contributed by atoms with Crippen molar-refractivity contribution in [1.29, 1.82) is 0 Å². The van der Waals surface area contributed by atoms with Gasteiger partial charge in [0.1, 0.15) is 24.4 Å². The molecule has 0 saturated carbocycles. The lowest BCUT2D eigenvalue weighted by Crippen LogP contribution is -2.61. The van der Waals surface area contributed by atoms with Gasteiger partial charge in [0.25, 0.3) is 0 Å². The van der Waals surface area contributed by atoms with Crippen molar-refractivity contribution in [3.63, 3.8) is 0 Å². The topological polar surface area (TPSA) is 158 Å². The molecule has 2 radical (unpaired) electrons. The van der Waals surface area contributed by atoms with Gasteiger partial charge < -0.3 is 18.9 Å². The van der Waals surface area contributed by atoms with Gasteiger partial charge >= 0.3 is 23.9 Å². The van der Waals surface area contributed by atoms with Gasteiger partial charge in [-0.1, -0.05) is 0 Å². The summed E-state index contributed by atoms with van der Waals surface area (Å²) >= 11 is 0. The van der Waals surface area contributed by atoms with E-state index >= 15 is 0 Å². The van der Waals surface area contributed by atoms with E-state index in [0.717, 1.165) is 10.1 Å². The zero-order valence-electron chi connectivity index (χ0n) is 40.4. The molecule has 14 nitrogen and oxygen atoms in total. The molecule has 0 N–H and O–H groups in total. The SMILES string of the molecule is CN1C(C)(C)CC(OC(=O)CC(C(=O)OC2CC(C)(C)N([O])C(C)(C)C2)C(CC(=O)OC2CC(C)(C)N([O])C(C)(C)C2)C(=O)OC2CC(C)(C)N(C)C(C)(C)C2)CC1(C)C. The smallest absolute Gasteiger partial charge is 0.310 e. The molecule has 2 atom stereocenters. The van der Waals surface area contributed by atoms with Crippen LogP contribution in [0.5, 0.6) is 0 Å². The highest BCUT2D eigenvalue weighted by Crippen LogP contribution is 2.43. The Morgan fingerprint density at radius 3 is 0.833 bits per heavy atom. The molecule has 0 aromatic heterocycles. The number of piperidine rings is 4. The Hall–Kier alpha value is -2.36. The molecule has 0 aliphatic carbocycles. The van der Waals surface area contributed by atoms with Crippen molar-refractivity contribution >= 4 is 23.9 Å². The van der Waals surface area contributed by atoms with E-state index in [0.29, 0.717) is 25.7 Å². The number of hydroxylamine groups is 4. The van der Waals surface area contributed by atoms with Crippen molar-refractivity contribution < 1.29 is 48.5 Å². The van der Waals surface area contributed by atoms with Crippen molar-refractivity contribution in [1.82, 2.24) is 19.9 Å². The Morgan fingerprint density at radius 1 is 0.400 bits per heavy atom. The lowest BCUT2D eigenvalue weighted by Gasteiger charge is -2.53. The van der Waals surface area contributed by atoms with Crippen LogP contribution in [0.4, 0.5) is 0 Å². The lowest BCUT2D eigenvalue weighted by atomic mass is 9.78. The summed E-state index contributed by atoms with van der Waals surface area (Å²) in [6.07, 6.45) is -0.333. The summed E-state index contributed by atoms with van der Waals surface area (Å²) < 4.78 is 24.7. The summed E-state index contributed by atoms with van der Waals surface area (Å²) in [5.41, 5.74) is -4.66. The Labute approximate surface area is 361 Å². The third-order valence-corrected chi connectivity index (χ3v) is 14.7. The van der Waals surface area contributed by atoms with E-state index in [9.17, 15) is 29.6 Å². The number of carbonyl (C=O) groups excluding carboxylic acids is 4. The second-order valence-electron chi connectivity index (χ2n) is 23.8. The Balaban J connectivity index is 1.72. The van der Waals surface area contributed by atoms with Gasteiger partial charge in [-0.3, -0.25) is 29.0 Å². The highest BCUT2D eigenvalue weighted by molar-refractivity contribution is 5.88. The number of hydrogen-bond donors (Lipinski definition) is 0. The molecule has 2 unspecified atom stereocenters. The Bertz CT molecular complexity index is 1410. The average Bonchev–Trinajstić information content (AvgIpc) is 3.04. The van der Waals surface area contributed by atoms with Gasteiger partial charge in [-0.15, -0.1) is 20.5 Å². The van der Waals surface area contributed by atoms with Gasteiger partial charge in [-0.05, 0) is 125 Å². The number of carbonyl (C=O) groups is 4. The van der Waals surface area contributed by atoms with E-state index in [1.165, 1.54) is 0 Å². The predicted octanol–water partition coefficient (Wildman–Crippen LogP) is 7.21. The van der Waals surface area contributed by atoms with Crippen LogP contribution in [-0.2, 0) is 48.5 Å². The molecular weight excluding hydrogens is 769 g/mol. The van der Waals surface area contributed by atoms with Crippen molar-refractivity contribution in [3.8, 4) is 0 Å². The number of hydrogen-bond acceptors (Lipinski definition) is 12. The normalized spacial score (nSPS) is 28.3. The molecule has 0 spiro atoms. The molecule has 0 bridgehead atoms. The number of nitrogens with zero attached hydrogens (tertiary/aromatic N) is 4. The van der Waals surface area contributed by atoms with Gasteiger partial charge in [0.15, 0.2) is 0 Å². The van der Waals surface area contributed by atoms with Crippen LogP contribution >= 0.6 is 0 Å². The molecule has 60 heavy (non-hydrogen) atoms. The maximum Gasteiger partial charge on any atom is 0.310 e. The minimum absolute atomic E-state index is 0.226. The fourth-order valence-electron chi connectivity index (χ4n) is 11.3. The molecule has 0 aromatic carbocycles. The van der Waals surface area contributed by atoms with Gasteiger partial charge in [-0.25, -0.2) is 0 Å². The van der Waals surface area contributed by atoms with Crippen LogP contribution in [0, 0.1) is 11.8 Å². The van der Waals surface area contributed by atoms with Gasteiger partial charge in [0.2, 0.25) is 0 Å². The van der Waals surface area contributed by atoms with Crippen molar-refractivity contribution in [3.05, 3.63) is 0 Å². The highest BCUT2D eigenvalue weighted by Gasteiger charge is 2.52. The standard InChI is InChI=1S/C46H80N4O10/c1-39(2)21-29(22-40(3,4)47(39)17)57-35(51)19-34(38(54)60-32-27-45(13,14)50(56)46(15,16)28-32)33(37(53)59-31-23-41(5,6)48(18)42(7,8)24-31)20-36(52)58-30-25-43(9,10)49(55)44(11,12)26-30/h29-34H,19-28H2,1-18H3. The predicted molar refractivity (Wildman–Crippen MR) is 226 cm³/mol. The Morgan fingerprint density at radius 2 is 0.600 bits per heavy atom. The maximum absolute atomic E-state index is 14.8. The monoisotopic (exact) mass is 849 g/mol.